The largest absolute Gasteiger partial charge is 0.366 e. The lowest BCUT2D eigenvalue weighted by Gasteiger charge is -2.34. The maximum atomic E-state index is 13.0. The van der Waals surface area contributed by atoms with Crippen LogP contribution in [0.4, 0.5) is 5.69 Å². The van der Waals surface area contributed by atoms with Crippen LogP contribution < -0.4 is 9.88 Å². The number of aromatic nitrogens is 1. The minimum absolute atomic E-state index is 0.314. The van der Waals surface area contributed by atoms with E-state index in [1.807, 2.05) is 4.90 Å². The number of piperidine rings is 1. The van der Waals surface area contributed by atoms with E-state index in [0.717, 1.165) is 19.3 Å². The van der Waals surface area contributed by atoms with Crippen LogP contribution >= 0.6 is 0 Å². The molecule has 126 valence electrons. The smallest absolute Gasteiger partial charge is 0.251 e. The monoisotopic (exact) mass is 340 g/mol. The zero-order valence-electron chi connectivity index (χ0n) is 13.0. The Morgan fingerprint density at radius 2 is 1.70 bits per heavy atom. The molecule has 9 heteroatoms. The molecule has 0 unspecified atom stereocenters. The van der Waals surface area contributed by atoms with Gasteiger partial charge in [0.1, 0.15) is 0 Å². The molecule has 0 radical (unpaired) electrons. The quantitative estimate of drug-likeness (QED) is 0.744. The Bertz CT molecular complexity index is 652. The van der Waals surface area contributed by atoms with E-state index in [4.69, 9.17) is 0 Å². The molecular weight excluding hydrogens is 318 g/mol. The predicted molar refractivity (Wildman–Crippen MR) is 85.2 cm³/mol. The SMILES string of the molecule is O=NN1CCN(c2cc[nH+]cc2S(=O)(=O)N2CCCCC2)CC1. The van der Waals surface area contributed by atoms with Crippen LogP contribution in [0.5, 0.6) is 0 Å². The summed E-state index contributed by atoms with van der Waals surface area (Å²) in [6.07, 6.45) is 6.20. The molecule has 0 saturated carbocycles. The van der Waals surface area contributed by atoms with Gasteiger partial charge in [-0.05, 0) is 12.8 Å². The number of piperazine rings is 1. The van der Waals surface area contributed by atoms with Gasteiger partial charge < -0.3 is 4.90 Å². The second-order valence-electron chi connectivity index (χ2n) is 5.88. The zero-order valence-corrected chi connectivity index (χ0v) is 13.8. The van der Waals surface area contributed by atoms with Crippen LogP contribution in [0.1, 0.15) is 19.3 Å². The van der Waals surface area contributed by atoms with Crippen molar-refractivity contribution in [2.45, 2.75) is 24.2 Å². The second-order valence-corrected chi connectivity index (χ2v) is 7.79. The summed E-state index contributed by atoms with van der Waals surface area (Å²) >= 11 is 0. The molecule has 0 aliphatic carbocycles. The molecule has 0 atom stereocenters. The van der Waals surface area contributed by atoms with Crippen molar-refractivity contribution in [3.8, 4) is 0 Å². The van der Waals surface area contributed by atoms with Gasteiger partial charge >= 0.3 is 0 Å². The van der Waals surface area contributed by atoms with Gasteiger partial charge in [0.2, 0.25) is 0 Å². The Hall–Kier alpha value is -1.74. The van der Waals surface area contributed by atoms with Gasteiger partial charge in [-0.2, -0.15) is 4.31 Å². The number of nitrogens with zero attached hydrogens (tertiary/aromatic N) is 4. The average molecular weight is 340 g/mol. The molecular formula is C14H22N5O3S+. The van der Waals surface area contributed by atoms with Crippen molar-refractivity contribution in [3.63, 3.8) is 0 Å². The van der Waals surface area contributed by atoms with Crippen LogP contribution in [0, 0.1) is 4.91 Å². The minimum Gasteiger partial charge on any atom is -0.366 e. The third kappa shape index (κ3) is 3.30. The summed E-state index contributed by atoms with van der Waals surface area (Å²) < 4.78 is 27.5. The van der Waals surface area contributed by atoms with E-state index >= 15 is 0 Å². The molecule has 1 N–H and O–H groups in total. The number of H-pyrrole nitrogens is 1. The minimum atomic E-state index is -3.50. The fourth-order valence-electron chi connectivity index (χ4n) is 3.14. The summed E-state index contributed by atoms with van der Waals surface area (Å²) in [6.45, 7) is 3.34. The summed E-state index contributed by atoms with van der Waals surface area (Å²) in [4.78, 5) is 15.8. The highest BCUT2D eigenvalue weighted by Crippen LogP contribution is 2.28. The lowest BCUT2D eigenvalue weighted by Crippen LogP contribution is -2.45. The Morgan fingerprint density at radius 1 is 1.00 bits per heavy atom. The van der Waals surface area contributed by atoms with E-state index in [1.54, 1.807) is 22.8 Å². The van der Waals surface area contributed by atoms with Crippen molar-refractivity contribution in [2.24, 2.45) is 5.29 Å². The number of hydrogen-bond donors (Lipinski definition) is 0. The Balaban J connectivity index is 1.87. The summed E-state index contributed by atoms with van der Waals surface area (Å²) in [5.74, 6) is 0. The van der Waals surface area contributed by atoms with Crippen molar-refractivity contribution in [1.29, 1.82) is 0 Å². The first-order chi connectivity index (χ1) is 11.1. The molecule has 0 spiro atoms. The summed E-state index contributed by atoms with van der Waals surface area (Å²) in [5, 5.41) is 4.41. The maximum absolute atomic E-state index is 13.0. The topological polar surface area (TPSA) is 87.4 Å². The van der Waals surface area contributed by atoms with Gasteiger partial charge in [-0.1, -0.05) is 6.42 Å². The van der Waals surface area contributed by atoms with Crippen molar-refractivity contribution in [1.82, 2.24) is 9.31 Å². The molecule has 2 aliphatic heterocycles. The molecule has 2 fully saturated rings. The summed E-state index contributed by atoms with van der Waals surface area (Å²) in [6, 6.07) is 1.79. The highest BCUT2D eigenvalue weighted by Gasteiger charge is 2.32. The number of nitrogens with one attached hydrogen (secondary N) is 1. The van der Waals surface area contributed by atoms with Gasteiger partial charge in [0.05, 0.1) is 24.1 Å². The van der Waals surface area contributed by atoms with Gasteiger partial charge in [-0.25, -0.2) is 13.4 Å². The zero-order chi connectivity index (χ0) is 16.3. The Labute approximate surface area is 136 Å². The Kier molecular flexibility index (Phi) is 4.76. The van der Waals surface area contributed by atoms with E-state index in [-0.39, 0.29) is 0 Å². The number of aromatic amines is 1. The number of anilines is 1. The fourth-order valence-corrected chi connectivity index (χ4v) is 4.83. The molecule has 1 aromatic heterocycles. The van der Waals surface area contributed by atoms with Crippen LogP contribution in [-0.4, -0.2) is 57.0 Å². The van der Waals surface area contributed by atoms with E-state index in [0.29, 0.717) is 49.9 Å². The van der Waals surface area contributed by atoms with Crippen LogP contribution in [0.3, 0.4) is 0 Å². The molecule has 8 nitrogen and oxygen atoms in total. The van der Waals surface area contributed by atoms with Crippen molar-refractivity contribution in [2.75, 3.05) is 44.2 Å². The van der Waals surface area contributed by atoms with Gasteiger partial charge in [-0.3, -0.25) is 5.01 Å². The molecule has 0 bridgehead atoms. The van der Waals surface area contributed by atoms with E-state index in [9.17, 15) is 13.3 Å². The molecule has 23 heavy (non-hydrogen) atoms. The first kappa shape index (κ1) is 16.1. The van der Waals surface area contributed by atoms with Gasteiger partial charge in [0.25, 0.3) is 10.0 Å². The molecule has 2 aliphatic rings. The lowest BCUT2D eigenvalue weighted by molar-refractivity contribution is -0.380. The highest BCUT2D eigenvalue weighted by molar-refractivity contribution is 7.89. The summed E-state index contributed by atoms with van der Waals surface area (Å²) in [7, 11) is -3.50. The van der Waals surface area contributed by atoms with Crippen molar-refractivity contribution < 1.29 is 13.4 Å². The number of rotatable bonds is 4. The van der Waals surface area contributed by atoms with E-state index in [2.05, 4.69) is 10.3 Å². The first-order valence-corrected chi connectivity index (χ1v) is 9.40. The average Bonchev–Trinajstić information content (AvgIpc) is 2.62. The predicted octanol–water partition coefficient (Wildman–Crippen LogP) is 0.479. The second kappa shape index (κ2) is 6.79. The van der Waals surface area contributed by atoms with Crippen molar-refractivity contribution in [3.05, 3.63) is 23.4 Å². The van der Waals surface area contributed by atoms with Crippen LogP contribution in [-0.2, 0) is 10.0 Å². The number of pyridine rings is 1. The van der Waals surface area contributed by atoms with Crippen molar-refractivity contribution >= 4 is 15.7 Å². The first-order valence-electron chi connectivity index (χ1n) is 7.96. The third-order valence-electron chi connectivity index (χ3n) is 4.45. The highest BCUT2D eigenvalue weighted by atomic mass is 32.2. The molecule has 0 amide bonds. The van der Waals surface area contributed by atoms with Crippen LogP contribution in [0.15, 0.2) is 28.6 Å². The molecule has 3 rings (SSSR count). The van der Waals surface area contributed by atoms with Gasteiger partial charge in [0.15, 0.2) is 17.3 Å². The van der Waals surface area contributed by atoms with Gasteiger partial charge in [0, 0.05) is 32.2 Å². The number of hydrogen-bond acceptors (Lipinski definition) is 5. The molecule has 2 saturated heterocycles. The van der Waals surface area contributed by atoms with E-state index in [1.165, 1.54) is 5.01 Å². The fraction of sp³-hybridized carbons (Fsp3) is 0.643. The van der Waals surface area contributed by atoms with Crippen LogP contribution in [0.25, 0.3) is 0 Å². The molecule has 3 heterocycles. The normalized spacial score (nSPS) is 20.5. The van der Waals surface area contributed by atoms with E-state index < -0.39 is 10.0 Å². The number of sulfonamides is 1. The summed E-state index contributed by atoms with van der Waals surface area (Å²) in [5.41, 5.74) is 0.694. The van der Waals surface area contributed by atoms with Crippen LogP contribution in [0.2, 0.25) is 0 Å². The number of nitroso groups, excluding NO2 is 1. The Morgan fingerprint density at radius 3 is 2.35 bits per heavy atom. The maximum Gasteiger partial charge on any atom is 0.251 e. The molecule has 1 aromatic rings. The third-order valence-corrected chi connectivity index (χ3v) is 6.38. The lowest BCUT2D eigenvalue weighted by atomic mass is 10.2. The van der Waals surface area contributed by atoms with Gasteiger partial charge in [-0.15, -0.1) is 4.91 Å². The molecule has 0 aromatic carbocycles. The standard InChI is InChI=1S/C14H21N5O3S/c20-16-18-10-8-17(9-11-18)13-4-5-15-12-14(13)23(21,22)19-6-2-1-3-7-19/h4-5,12H,1-3,6-11H2/p+1.